The third-order valence-corrected chi connectivity index (χ3v) is 2.90. The highest BCUT2D eigenvalue weighted by molar-refractivity contribution is 5.42. The SMILES string of the molecule is COc1ccc(C2CCC(C)O2)c(OO)c1. The average Bonchev–Trinajstić information content (AvgIpc) is 2.74. The number of ether oxygens (including phenoxy) is 2. The van der Waals surface area contributed by atoms with Crippen molar-refractivity contribution in [3.63, 3.8) is 0 Å². The minimum Gasteiger partial charge on any atom is -0.497 e. The second-order valence-electron chi connectivity index (χ2n) is 4.01. The molecule has 1 N–H and O–H groups in total. The van der Waals surface area contributed by atoms with Crippen molar-refractivity contribution in [2.45, 2.75) is 32.0 Å². The van der Waals surface area contributed by atoms with Crippen molar-refractivity contribution in [3.05, 3.63) is 23.8 Å². The summed E-state index contributed by atoms with van der Waals surface area (Å²) in [6, 6.07) is 5.36. The summed E-state index contributed by atoms with van der Waals surface area (Å²) in [5.74, 6) is 1.05. The maximum atomic E-state index is 8.85. The Bertz CT molecular complexity index is 364. The lowest BCUT2D eigenvalue weighted by Crippen LogP contribution is -2.03. The molecular weight excluding hydrogens is 208 g/mol. The van der Waals surface area contributed by atoms with Crippen molar-refractivity contribution in [3.8, 4) is 11.5 Å². The van der Waals surface area contributed by atoms with Crippen LogP contribution < -0.4 is 9.62 Å². The number of hydrogen-bond acceptors (Lipinski definition) is 4. The zero-order valence-electron chi connectivity index (χ0n) is 9.47. The van der Waals surface area contributed by atoms with E-state index in [0.717, 1.165) is 18.4 Å². The Labute approximate surface area is 94.7 Å². The second-order valence-corrected chi connectivity index (χ2v) is 4.01. The second kappa shape index (κ2) is 4.72. The third-order valence-electron chi connectivity index (χ3n) is 2.90. The fourth-order valence-corrected chi connectivity index (χ4v) is 2.02. The predicted octanol–water partition coefficient (Wildman–Crippen LogP) is 2.79. The van der Waals surface area contributed by atoms with Crippen LogP contribution in [0.4, 0.5) is 0 Å². The molecule has 0 aromatic heterocycles. The monoisotopic (exact) mass is 224 g/mol. The highest BCUT2D eigenvalue weighted by atomic mass is 17.1. The molecule has 16 heavy (non-hydrogen) atoms. The number of methoxy groups -OCH3 is 1. The number of rotatable bonds is 3. The summed E-state index contributed by atoms with van der Waals surface area (Å²) < 4.78 is 10.8. The van der Waals surface area contributed by atoms with Gasteiger partial charge in [0.15, 0.2) is 5.75 Å². The molecule has 2 rings (SSSR count). The van der Waals surface area contributed by atoms with E-state index < -0.39 is 0 Å². The number of hydrogen-bond donors (Lipinski definition) is 1. The van der Waals surface area contributed by atoms with Gasteiger partial charge >= 0.3 is 0 Å². The summed E-state index contributed by atoms with van der Waals surface area (Å²) in [6.07, 6.45) is 2.24. The summed E-state index contributed by atoms with van der Waals surface area (Å²) >= 11 is 0. The van der Waals surface area contributed by atoms with Crippen molar-refractivity contribution in [2.75, 3.05) is 7.11 Å². The van der Waals surface area contributed by atoms with E-state index in [4.69, 9.17) is 14.7 Å². The van der Waals surface area contributed by atoms with Crippen molar-refractivity contribution >= 4 is 0 Å². The standard InChI is InChI=1S/C12H16O4/c1-8-3-6-11(15-8)10-5-4-9(14-2)7-12(10)16-13/h4-5,7-8,11,13H,3,6H2,1-2H3. The molecule has 0 bridgehead atoms. The van der Waals surface area contributed by atoms with Gasteiger partial charge in [-0.05, 0) is 31.9 Å². The average molecular weight is 224 g/mol. The Balaban J connectivity index is 2.26. The summed E-state index contributed by atoms with van der Waals surface area (Å²) in [4.78, 5) is 4.38. The fraction of sp³-hybridized carbons (Fsp3) is 0.500. The maximum absolute atomic E-state index is 8.85. The van der Waals surface area contributed by atoms with E-state index in [1.54, 1.807) is 13.2 Å². The molecular formula is C12H16O4. The molecule has 2 atom stereocenters. The van der Waals surface area contributed by atoms with Crippen LogP contribution in [0, 0.1) is 0 Å². The van der Waals surface area contributed by atoms with Gasteiger partial charge in [-0.25, -0.2) is 5.26 Å². The zero-order valence-corrected chi connectivity index (χ0v) is 9.47. The summed E-state index contributed by atoms with van der Waals surface area (Å²) in [5.41, 5.74) is 0.868. The Morgan fingerprint density at radius 2 is 2.19 bits per heavy atom. The molecule has 4 nitrogen and oxygen atoms in total. The van der Waals surface area contributed by atoms with Crippen LogP contribution in [0.15, 0.2) is 18.2 Å². The fourth-order valence-electron chi connectivity index (χ4n) is 2.02. The summed E-state index contributed by atoms with van der Waals surface area (Å²) in [7, 11) is 1.57. The zero-order chi connectivity index (χ0) is 11.5. The molecule has 1 aliphatic rings. The van der Waals surface area contributed by atoms with Gasteiger partial charge in [0, 0.05) is 11.6 Å². The van der Waals surface area contributed by atoms with Gasteiger partial charge in [-0.1, -0.05) is 0 Å². The topological polar surface area (TPSA) is 47.9 Å². The van der Waals surface area contributed by atoms with Crippen molar-refractivity contribution in [2.24, 2.45) is 0 Å². The van der Waals surface area contributed by atoms with Crippen LogP contribution in [0.1, 0.15) is 31.4 Å². The van der Waals surface area contributed by atoms with E-state index in [0.29, 0.717) is 11.5 Å². The van der Waals surface area contributed by atoms with Gasteiger partial charge in [-0.3, -0.25) is 0 Å². The molecule has 88 valence electrons. The van der Waals surface area contributed by atoms with E-state index in [9.17, 15) is 0 Å². The van der Waals surface area contributed by atoms with Gasteiger partial charge < -0.3 is 14.4 Å². The van der Waals surface area contributed by atoms with Gasteiger partial charge in [0.2, 0.25) is 0 Å². The van der Waals surface area contributed by atoms with Gasteiger partial charge in [0.25, 0.3) is 0 Å². The first kappa shape index (κ1) is 11.2. The van der Waals surface area contributed by atoms with Crippen LogP contribution in [0.5, 0.6) is 11.5 Å². The normalized spacial score (nSPS) is 24.4. The molecule has 0 saturated carbocycles. The minimum atomic E-state index is 0.00283. The van der Waals surface area contributed by atoms with E-state index in [1.807, 2.05) is 19.1 Å². The first-order valence-electron chi connectivity index (χ1n) is 5.39. The van der Waals surface area contributed by atoms with Gasteiger partial charge in [0.1, 0.15) is 5.75 Å². The lowest BCUT2D eigenvalue weighted by Gasteiger charge is -2.14. The van der Waals surface area contributed by atoms with Crippen LogP contribution in [-0.4, -0.2) is 18.5 Å². The largest absolute Gasteiger partial charge is 0.497 e. The van der Waals surface area contributed by atoms with Crippen LogP contribution in [0.2, 0.25) is 0 Å². The molecule has 1 heterocycles. The summed E-state index contributed by atoms with van der Waals surface area (Å²) in [5, 5.41) is 8.85. The van der Waals surface area contributed by atoms with Crippen LogP contribution in [0.3, 0.4) is 0 Å². The quantitative estimate of drug-likeness (QED) is 0.633. The van der Waals surface area contributed by atoms with Crippen LogP contribution >= 0.6 is 0 Å². The van der Waals surface area contributed by atoms with Crippen LogP contribution in [0.25, 0.3) is 0 Å². The van der Waals surface area contributed by atoms with E-state index in [1.165, 1.54) is 0 Å². The molecule has 2 unspecified atom stereocenters. The Kier molecular flexibility index (Phi) is 3.31. The van der Waals surface area contributed by atoms with Gasteiger partial charge in [0.05, 0.1) is 19.3 Å². The van der Waals surface area contributed by atoms with E-state index in [2.05, 4.69) is 4.89 Å². The van der Waals surface area contributed by atoms with Gasteiger partial charge in [-0.15, -0.1) is 0 Å². The van der Waals surface area contributed by atoms with Crippen molar-refractivity contribution in [1.82, 2.24) is 0 Å². The Morgan fingerprint density at radius 1 is 1.38 bits per heavy atom. The predicted molar refractivity (Wildman–Crippen MR) is 58.8 cm³/mol. The lowest BCUT2D eigenvalue weighted by atomic mass is 10.1. The minimum absolute atomic E-state index is 0.00283. The molecule has 1 aliphatic heterocycles. The maximum Gasteiger partial charge on any atom is 0.174 e. The molecule has 0 radical (unpaired) electrons. The van der Waals surface area contributed by atoms with Crippen molar-refractivity contribution < 1.29 is 19.6 Å². The lowest BCUT2D eigenvalue weighted by molar-refractivity contribution is -0.139. The van der Waals surface area contributed by atoms with Crippen LogP contribution in [-0.2, 0) is 4.74 Å². The first-order chi connectivity index (χ1) is 7.74. The molecule has 4 heteroatoms. The Morgan fingerprint density at radius 3 is 2.75 bits per heavy atom. The summed E-state index contributed by atoms with van der Waals surface area (Å²) in [6.45, 7) is 2.04. The molecule has 0 spiro atoms. The van der Waals surface area contributed by atoms with Crippen molar-refractivity contribution in [1.29, 1.82) is 0 Å². The highest BCUT2D eigenvalue weighted by Crippen LogP contribution is 2.38. The molecule has 0 aliphatic carbocycles. The highest BCUT2D eigenvalue weighted by Gasteiger charge is 2.26. The molecule has 1 aromatic rings. The third kappa shape index (κ3) is 2.13. The molecule has 1 saturated heterocycles. The smallest absolute Gasteiger partial charge is 0.174 e. The first-order valence-corrected chi connectivity index (χ1v) is 5.39. The Hall–Kier alpha value is -1.26. The van der Waals surface area contributed by atoms with E-state index in [-0.39, 0.29) is 12.2 Å². The number of benzene rings is 1. The van der Waals surface area contributed by atoms with Gasteiger partial charge in [-0.2, -0.15) is 0 Å². The van der Waals surface area contributed by atoms with E-state index >= 15 is 0 Å². The molecule has 0 amide bonds. The molecule has 1 aromatic carbocycles. The molecule has 1 fully saturated rings.